The summed E-state index contributed by atoms with van der Waals surface area (Å²) in [4.78, 5) is 10.8. The van der Waals surface area contributed by atoms with Gasteiger partial charge in [0.05, 0.1) is 19.8 Å². The average molecular weight is 504 g/mol. The van der Waals surface area contributed by atoms with Gasteiger partial charge in [0, 0.05) is 0 Å². The van der Waals surface area contributed by atoms with Gasteiger partial charge in [0.1, 0.15) is 73.2 Å². The maximum Gasteiger partial charge on any atom is 0.187 e. The van der Waals surface area contributed by atoms with Gasteiger partial charge >= 0.3 is 0 Å². The molecule has 2 aliphatic heterocycles. The van der Waals surface area contributed by atoms with Crippen LogP contribution in [0.15, 0.2) is 0 Å². The lowest BCUT2D eigenvalue weighted by molar-refractivity contribution is -0.368. The topological polar surface area (TPSA) is 277 Å². The molecule has 2 rings (SSSR count). The predicted octanol–water partition coefficient (Wildman–Crippen LogP) is -7.73. The monoisotopic (exact) mass is 504 g/mol. The fraction of sp³-hybridized carbons (Fsp3) is 0.944. The van der Waals surface area contributed by atoms with Gasteiger partial charge in [-0.25, -0.2) is 0 Å². The molecule has 0 aromatic carbocycles. The Balaban J connectivity index is 2.25. The van der Waals surface area contributed by atoms with Crippen molar-refractivity contribution in [3.05, 3.63) is 0 Å². The summed E-state index contributed by atoms with van der Waals surface area (Å²) >= 11 is 0. The first-order chi connectivity index (χ1) is 16.0. The van der Waals surface area contributed by atoms with E-state index in [-0.39, 0.29) is 6.29 Å². The Morgan fingerprint density at radius 3 is 1.85 bits per heavy atom. The van der Waals surface area contributed by atoms with Gasteiger partial charge in [-0.2, -0.15) is 0 Å². The zero-order valence-electron chi connectivity index (χ0n) is 17.7. The lowest BCUT2D eigenvalue weighted by Crippen LogP contribution is -2.65. The van der Waals surface area contributed by atoms with Crippen LogP contribution in [0.3, 0.4) is 0 Å². The van der Waals surface area contributed by atoms with Crippen LogP contribution in [0.4, 0.5) is 0 Å². The molecule has 2 heterocycles. The number of carbonyl (C=O) groups is 1. The van der Waals surface area contributed by atoms with E-state index >= 15 is 0 Å². The molecule has 16 heteroatoms. The minimum atomic E-state index is -2.10. The normalized spacial score (nSPS) is 42.6. The fourth-order valence-electron chi connectivity index (χ4n) is 3.59. The molecule has 0 saturated carbocycles. The van der Waals surface area contributed by atoms with Crippen molar-refractivity contribution in [2.24, 2.45) is 0 Å². The maximum absolute atomic E-state index is 10.8. The second kappa shape index (κ2) is 12.9. The summed E-state index contributed by atoms with van der Waals surface area (Å²) in [6, 6.07) is 0. The molecule has 200 valence electrons. The maximum atomic E-state index is 10.8. The Morgan fingerprint density at radius 1 is 0.765 bits per heavy atom. The van der Waals surface area contributed by atoms with E-state index in [0.29, 0.717) is 0 Å². The van der Waals surface area contributed by atoms with Crippen LogP contribution in [0.5, 0.6) is 0 Å². The minimum Gasteiger partial charge on any atom is -0.394 e. The largest absolute Gasteiger partial charge is 0.394 e. The van der Waals surface area contributed by atoms with Crippen LogP contribution in [-0.4, -0.2) is 168 Å². The summed E-state index contributed by atoms with van der Waals surface area (Å²) in [5.41, 5.74) is 0. The van der Waals surface area contributed by atoms with Crippen molar-refractivity contribution < 1.29 is 79.9 Å². The van der Waals surface area contributed by atoms with Crippen molar-refractivity contribution in [1.82, 2.24) is 0 Å². The lowest BCUT2D eigenvalue weighted by Gasteiger charge is -2.46. The Kier molecular flexibility index (Phi) is 11.1. The van der Waals surface area contributed by atoms with Crippen LogP contribution in [-0.2, 0) is 23.7 Å². The zero-order valence-corrected chi connectivity index (χ0v) is 17.7. The molecule has 2 fully saturated rings. The smallest absolute Gasteiger partial charge is 0.187 e. The van der Waals surface area contributed by atoms with Gasteiger partial charge in [-0.1, -0.05) is 0 Å². The first-order valence-electron chi connectivity index (χ1n) is 10.4. The van der Waals surface area contributed by atoms with E-state index in [2.05, 4.69) is 0 Å². The second-order valence-electron chi connectivity index (χ2n) is 7.97. The summed E-state index contributed by atoms with van der Waals surface area (Å²) in [7, 11) is 0. The minimum absolute atomic E-state index is 0.0748. The SMILES string of the molecule is O=C[C@H](O)[C@@H](O)[C@H](O[C@H]1O[C@H](CO)[C@@H](O)[C@H](O[C@H]2O[C@H](CO)[C@@H](O)[C@H](O)[C@H]2O)[C@H]1O)[C@H](O)CO. The molecule has 0 bridgehead atoms. The van der Waals surface area contributed by atoms with Gasteiger partial charge in [-0.05, 0) is 0 Å². The van der Waals surface area contributed by atoms with Crippen molar-refractivity contribution in [2.45, 2.75) is 85.8 Å². The van der Waals surface area contributed by atoms with E-state index in [4.69, 9.17) is 18.9 Å². The molecule has 2 saturated heterocycles. The molecule has 0 unspecified atom stereocenters. The second-order valence-corrected chi connectivity index (χ2v) is 7.97. The quantitative estimate of drug-likeness (QED) is 0.117. The van der Waals surface area contributed by atoms with Crippen LogP contribution in [0.25, 0.3) is 0 Å². The first-order valence-corrected chi connectivity index (χ1v) is 10.4. The van der Waals surface area contributed by atoms with Crippen molar-refractivity contribution in [2.75, 3.05) is 19.8 Å². The molecule has 0 amide bonds. The van der Waals surface area contributed by atoms with Crippen LogP contribution in [0.2, 0.25) is 0 Å². The van der Waals surface area contributed by atoms with Gasteiger partial charge in [0.15, 0.2) is 18.9 Å². The highest BCUT2D eigenvalue weighted by molar-refractivity contribution is 5.56. The Bertz CT molecular complexity index is 623. The summed E-state index contributed by atoms with van der Waals surface area (Å²) in [5.74, 6) is 0. The van der Waals surface area contributed by atoms with Gasteiger partial charge in [0.2, 0.25) is 0 Å². The van der Waals surface area contributed by atoms with Gasteiger partial charge in [-0.15, -0.1) is 0 Å². The summed E-state index contributed by atoms with van der Waals surface area (Å²) in [6.07, 6.45) is -25.6. The Morgan fingerprint density at radius 2 is 1.32 bits per heavy atom. The molecule has 34 heavy (non-hydrogen) atoms. The number of carbonyl (C=O) groups excluding carboxylic acids is 1. The number of hydrogen-bond acceptors (Lipinski definition) is 16. The van der Waals surface area contributed by atoms with E-state index in [1.165, 1.54) is 0 Å². The van der Waals surface area contributed by atoms with Gasteiger partial charge in [0.25, 0.3) is 0 Å². The summed E-state index contributed by atoms with van der Waals surface area (Å²) in [6.45, 7) is -2.66. The van der Waals surface area contributed by atoms with Crippen molar-refractivity contribution in [3.63, 3.8) is 0 Å². The standard InChI is InChI=1S/C18H32O16/c19-1-5(23)9(25)15(6(24)2-20)33-18-14(30)16(11(27)8(4-22)32-18)34-17-13(29)12(28)10(26)7(3-21)31-17/h1,5-18,20-30H,2-4H2/t5-,6+,7+,8+,9+,10+,11+,12-,13+,14+,15+,16-,17+,18+/m0/s1. The van der Waals surface area contributed by atoms with Gasteiger partial charge in [-0.3, -0.25) is 0 Å². The van der Waals surface area contributed by atoms with E-state index < -0.39 is 106 Å². The van der Waals surface area contributed by atoms with Crippen LogP contribution in [0.1, 0.15) is 0 Å². The number of aldehydes is 1. The molecule has 0 aliphatic carbocycles. The summed E-state index contributed by atoms with van der Waals surface area (Å²) < 4.78 is 21.0. The highest BCUT2D eigenvalue weighted by atomic mass is 16.7. The van der Waals surface area contributed by atoms with Crippen LogP contribution in [0, 0.1) is 0 Å². The third-order valence-electron chi connectivity index (χ3n) is 5.65. The third-order valence-corrected chi connectivity index (χ3v) is 5.65. The number of hydrogen-bond donors (Lipinski definition) is 11. The molecule has 2 aliphatic rings. The molecule has 0 spiro atoms. The molecule has 14 atom stereocenters. The Labute approximate surface area is 192 Å². The molecular formula is C18H32O16. The van der Waals surface area contributed by atoms with Crippen LogP contribution < -0.4 is 0 Å². The highest BCUT2D eigenvalue weighted by Gasteiger charge is 2.52. The predicted molar refractivity (Wildman–Crippen MR) is 102 cm³/mol. The molecule has 0 aromatic heterocycles. The number of aliphatic hydroxyl groups excluding tert-OH is 11. The third kappa shape index (κ3) is 6.25. The summed E-state index contributed by atoms with van der Waals surface area (Å²) in [5, 5.41) is 109. The molecule has 0 radical (unpaired) electrons. The number of ether oxygens (including phenoxy) is 4. The molecular weight excluding hydrogens is 472 g/mol. The van der Waals surface area contributed by atoms with E-state index in [0.717, 1.165) is 0 Å². The lowest BCUT2D eigenvalue weighted by atomic mass is 9.96. The van der Waals surface area contributed by atoms with E-state index in [9.17, 15) is 61.0 Å². The number of rotatable bonds is 11. The highest BCUT2D eigenvalue weighted by Crippen LogP contribution is 2.30. The van der Waals surface area contributed by atoms with Crippen LogP contribution >= 0.6 is 0 Å². The van der Waals surface area contributed by atoms with Crippen molar-refractivity contribution in [3.8, 4) is 0 Å². The molecule has 0 aromatic rings. The first kappa shape index (κ1) is 29.3. The van der Waals surface area contributed by atoms with E-state index in [1.54, 1.807) is 0 Å². The number of aliphatic hydroxyl groups is 11. The average Bonchev–Trinajstić information content (AvgIpc) is 2.84. The van der Waals surface area contributed by atoms with Crippen molar-refractivity contribution >= 4 is 6.29 Å². The molecule has 16 nitrogen and oxygen atoms in total. The van der Waals surface area contributed by atoms with Crippen molar-refractivity contribution in [1.29, 1.82) is 0 Å². The fourth-order valence-corrected chi connectivity index (χ4v) is 3.59. The van der Waals surface area contributed by atoms with E-state index in [1.807, 2.05) is 0 Å². The Hall–Kier alpha value is -0.930. The van der Waals surface area contributed by atoms with Gasteiger partial charge < -0.3 is 79.9 Å². The zero-order chi connectivity index (χ0) is 25.7. The molecule has 11 N–H and O–H groups in total.